The van der Waals surface area contributed by atoms with E-state index in [-0.39, 0.29) is 0 Å². The molecule has 19 heavy (non-hydrogen) atoms. The fourth-order valence-corrected chi connectivity index (χ4v) is 2.09. The zero-order chi connectivity index (χ0) is 14.4. The third kappa shape index (κ3) is 3.38. The van der Waals surface area contributed by atoms with Crippen LogP contribution in [-0.4, -0.2) is 30.4 Å². The maximum absolute atomic E-state index is 11.2. The Hall–Kier alpha value is -1.75. The fraction of sp³-hybridized carbons (Fsp3) is 0.500. The van der Waals surface area contributed by atoms with Crippen LogP contribution in [0.2, 0.25) is 0 Å². The summed E-state index contributed by atoms with van der Waals surface area (Å²) in [6.45, 7) is 1.88. The van der Waals surface area contributed by atoms with E-state index < -0.39 is 18.0 Å². The van der Waals surface area contributed by atoms with Crippen LogP contribution in [0.4, 0.5) is 0 Å². The van der Waals surface area contributed by atoms with Crippen molar-refractivity contribution in [1.29, 1.82) is 0 Å². The Balaban J connectivity index is 3.16. The van der Waals surface area contributed by atoms with E-state index in [1.54, 1.807) is 18.2 Å². The summed E-state index contributed by atoms with van der Waals surface area (Å²) in [4.78, 5) is 11.2. The summed E-state index contributed by atoms with van der Waals surface area (Å²) in [5.74, 6) is -1.02. The molecule has 5 nitrogen and oxygen atoms in total. The second-order valence-corrected chi connectivity index (χ2v) is 4.26. The molecular formula is C14H20O5. The number of carboxylic acids is 1. The Morgan fingerprint density at radius 2 is 2.00 bits per heavy atom. The molecule has 1 aromatic carbocycles. The van der Waals surface area contributed by atoms with Crippen LogP contribution in [0.3, 0.4) is 0 Å². The molecule has 2 N–H and O–H groups in total. The average molecular weight is 268 g/mol. The summed E-state index contributed by atoms with van der Waals surface area (Å²) < 4.78 is 10.4. The largest absolute Gasteiger partial charge is 0.493 e. The van der Waals surface area contributed by atoms with Crippen LogP contribution in [-0.2, 0) is 4.79 Å². The molecule has 0 aliphatic heterocycles. The molecule has 0 amide bonds. The number of ether oxygens (including phenoxy) is 2. The number of carboxylic acid groups (broad SMARTS) is 1. The van der Waals surface area contributed by atoms with Crippen molar-refractivity contribution in [3.05, 3.63) is 23.8 Å². The molecule has 5 heteroatoms. The predicted octanol–water partition coefficient (Wildman–Crippen LogP) is 2.24. The highest BCUT2D eigenvalue weighted by Gasteiger charge is 2.30. The lowest BCUT2D eigenvalue weighted by Gasteiger charge is -2.22. The SMILES string of the molecule is CCCC(C(=O)O)C(O)c1cccc(OC)c1OC. The first-order valence-corrected chi connectivity index (χ1v) is 6.18. The zero-order valence-electron chi connectivity index (χ0n) is 11.4. The van der Waals surface area contributed by atoms with Crippen molar-refractivity contribution in [2.45, 2.75) is 25.9 Å². The number of benzene rings is 1. The molecule has 0 spiro atoms. The van der Waals surface area contributed by atoms with Crippen molar-refractivity contribution in [2.75, 3.05) is 14.2 Å². The van der Waals surface area contributed by atoms with E-state index in [2.05, 4.69) is 0 Å². The quantitative estimate of drug-likeness (QED) is 0.793. The minimum atomic E-state index is -1.12. The molecule has 0 fully saturated rings. The van der Waals surface area contributed by atoms with Gasteiger partial charge in [0.25, 0.3) is 0 Å². The summed E-state index contributed by atoms with van der Waals surface area (Å²) >= 11 is 0. The van der Waals surface area contributed by atoms with Crippen LogP contribution in [0.5, 0.6) is 11.5 Å². The smallest absolute Gasteiger partial charge is 0.309 e. The monoisotopic (exact) mass is 268 g/mol. The summed E-state index contributed by atoms with van der Waals surface area (Å²) in [7, 11) is 2.96. The van der Waals surface area contributed by atoms with Crippen LogP contribution in [0.15, 0.2) is 18.2 Å². The Bertz CT molecular complexity index is 430. The van der Waals surface area contributed by atoms with Gasteiger partial charge in [-0.1, -0.05) is 25.5 Å². The minimum Gasteiger partial charge on any atom is -0.493 e. The van der Waals surface area contributed by atoms with Crippen molar-refractivity contribution in [3.8, 4) is 11.5 Å². The van der Waals surface area contributed by atoms with Gasteiger partial charge in [0.05, 0.1) is 26.2 Å². The average Bonchev–Trinajstić information content (AvgIpc) is 2.42. The van der Waals surface area contributed by atoms with Crippen molar-refractivity contribution >= 4 is 5.97 Å². The van der Waals surface area contributed by atoms with E-state index in [9.17, 15) is 15.0 Å². The topological polar surface area (TPSA) is 76.0 Å². The molecule has 0 aromatic heterocycles. The Morgan fingerprint density at radius 3 is 2.47 bits per heavy atom. The zero-order valence-corrected chi connectivity index (χ0v) is 11.4. The molecule has 0 heterocycles. The van der Waals surface area contributed by atoms with E-state index in [0.717, 1.165) is 0 Å². The lowest BCUT2D eigenvalue weighted by Crippen LogP contribution is -2.22. The number of aliphatic carboxylic acids is 1. The maximum atomic E-state index is 11.2. The van der Waals surface area contributed by atoms with Gasteiger partial charge in [-0.25, -0.2) is 0 Å². The van der Waals surface area contributed by atoms with Crippen LogP contribution in [0.25, 0.3) is 0 Å². The predicted molar refractivity (Wildman–Crippen MR) is 70.5 cm³/mol. The van der Waals surface area contributed by atoms with Crippen LogP contribution >= 0.6 is 0 Å². The molecule has 2 unspecified atom stereocenters. The molecule has 0 bridgehead atoms. The minimum absolute atomic E-state index is 0.375. The first-order valence-electron chi connectivity index (χ1n) is 6.18. The highest BCUT2D eigenvalue weighted by atomic mass is 16.5. The number of hydrogen-bond donors (Lipinski definition) is 2. The number of aliphatic hydroxyl groups is 1. The van der Waals surface area contributed by atoms with Crippen molar-refractivity contribution in [3.63, 3.8) is 0 Å². The van der Waals surface area contributed by atoms with Crippen molar-refractivity contribution in [1.82, 2.24) is 0 Å². The number of methoxy groups -OCH3 is 2. The first-order chi connectivity index (χ1) is 9.06. The van der Waals surface area contributed by atoms with Crippen molar-refractivity contribution in [2.24, 2.45) is 5.92 Å². The Morgan fingerprint density at radius 1 is 1.32 bits per heavy atom. The Labute approximate surface area is 112 Å². The molecule has 106 valence electrons. The van der Waals surface area contributed by atoms with Crippen molar-refractivity contribution < 1.29 is 24.5 Å². The Kier molecular flexibility index (Phi) is 5.63. The summed E-state index contributed by atoms with van der Waals surface area (Å²) in [5, 5.41) is 19.5. The molecule has 1 aromatic rings. The van der Waals surface area contributed by atoms with Gasteiger partial charge in [-0.3, -0.25) is 4.79 Å². The number of aliphatic hydroxyl groups excluding tert-OH is 1. The second-order valence-electron chi connectivity index (χ2n) is 4.26. The summed E-state index contributed by atoms with van der Waals surface area (Å²) in [5.41, 5.74) is 0.433. The third-order valence-corrected chi connectivity index (χ3v) is 3.05. The summed E-state index contributed by atoms with van der Waals surface area (Å²) in [6.07, 6.45) is -0.0422. The molecule has 0 radical (unpaired) electrons. The lowest BCUT2D eigenvalue weighted by molar-refractivity contribution is -0.146. The summed E-state index contributed by atoms with van der Waals surface area (Å²) in [6, 6.07) is 5.05. The van der Waals surface area contributed by atoms with Gasteiger partial charge in [0.2, 0.25) is 0 Å². The normalized spacial score (nSPS) is 13.7. The van der Waals surface area contributed by atoms with Gasteiger partial charge in [-0.15, -0.1) is 0 Å². The second kappa shape index (κ2) is 6.99. The molecule has 1 rings (SSSR count). The van der Waals surface area contributed by atoms with E-state index in [1.807, 2.05) is 6.92 Å². The third-order valence-electron chi connectivity index (χ3n) is 3.05. The van der Waals surface area contributed by atoms with Crippen LogP contribution < -0.4 is 9.47 Å². The highest BCUT2D eigenvalue weighted by Crippen LogP contribution is 2.38. The van der Waals surface area contributed by atoms with E-state index in [4.69, 9.17) is 9.47 Å². The molecule has 0 aliphatic carbocycles. The molecule has 0 saturated carbocycles. The van der Waals surface area contributed by atoms with Gasteiger partial charge < -0.3 is 19.7 Å². The maximum Gasteiger partial charge on any atom is 0.309 e. The van der Waals surface area contributed by atoms with Gasteiger partial charge in [0.1, 0.15) is 0 Å². The number of hydrogen-bond acceptors (Lipinski definition) is 4. The number of para-hydroxylation sites is 1. The van der Waals surface area contributed by atoms with Gasteiger partial charge in [-0.2, -0.15) is 0 Å². The van der Waals surface area contributed by atoms with E-state index in [1.165, 1.54) is 14.2 Å². The molecule has 0 aliphatic rings. The van der Waals surface area contributed by atoms with E-state index >= 15 is 0 Å². The first kappa shape index (κ1) is 15.3. The number of carbonyl (C=O) groups is 1. The molecule has 0 saturated heterocycles. The number of rotatable bonds is 7. The standard InChI is InChI=1S/C14H20O5/c1-4-6-10(14(16)17)12(15)9-7-5-8-11(18-2)13(9)19-3/h5,7-8,10,12,15H,4,6H2,1-3H3,(H,16,17). The van der Waals surface area contributed by atoms with Gasteiger partial charge in [0, 0.05) is 5.56 Å². The highest BCUT2D eigenvalue weighted by molar-refractivity contribution is 5.71. The van der Waals surface area contributed by atoms with Gasteiger partial charge in [-0.05, 0) is 12.5 Å². The van der Waals surface area contributed by atoms with Crippen LogP contribution in [0.1, 0.15) is 31.4 Å². The van der Waals surface area contributed by atoms with Crippen LogP contribution in [0, 0.1) is 5.92 Å². The van der Waals surface area contributed by atoms with Gasteiger partial charge >= 0.3 is 5.97 Å². The molecule has 2 atom stereocenters. The molecular weight excluding hydrogens is 248 g/mol. The lowest BCUT2D eigenvalue weighted by atomic mass is 9.91. The van der Waals surface area contributed by atoms with Gasteiger partial charge in [0.15, 0.2) is 11.5 Å². The van der Waals surface area contributed by atoms with E-state index in [0.29, 0.717) is 29.9 Å². The fourth-order valence-electron chi connectivity index (χ4n) is 2.09.